The largest absolute Gasteiger partial charge is 0.310 e. The molecule has 0 aliphatic heterocycles. The first-order chi connectivity index (χ1) is 27.5. The van der Waals surface area contributed by atoms with Crippen LogP contribution in [0.1, 0.15) is 25.0 Å². The molecule has 0 N–H and O–H groups in total. The average molecular weight is 714 g/mol. The second-order valence-corrected chi connectivity index (χ2v) is 15.7. The Morgan fingerprint density at radius 1 is 0.339 bits per heavy atom. The SMILES string of the molecule is CC1(C)c2ccccc2-c2c(N(c3ccc(-c4cc5c6ccccc6ccc5c5ccccc45)cc3)c3cccc(-c4ccc5ccccc5c4)c3)cccc21. The molecule has 0 aromatic heterocycles. The molecule has 0 saturated carbocycles. The molecule has 1 heteroatoms. The minimum absolute atomic E-state index is 0.105. The maximum absolute atomic E-state index is 2.47. The van der Waals surface area contributed by atoms with E-state index in [-0.39, 0.29) is 5.41 Å². The van der Waals surface area contributed by atoms with Crippen molar-refractivity contribution in [2.75, 3.05) is 4.90 Å². The van der Waals surface area contributed by atoms with Crippen molar-refractivity contribution in [3.8, 4) is 33.4 Å². The highest BCUT2D eigenvalue weighted by molar-refractivity contribution is 6.21. The van der Waals surface area contributed by atoms with E-state index >= 15 is 0 Å². The molecule has 0 unspecified atom stereocenters. The van der Waals surface area contributed by atoms with Gasteiger partial charge in [0.25, 0.3) is 0 Å². The summed E-state index contributed by atoms with van der Waals surface area (Å²) in [7, 11) is 0. The maximum atomic E-state index is 2.47. The molecule has 0 atom stereocenters. The number of benzene rings is 10. The second-order valence-electron chi connectivity index (χ2n) is 15.7. The molecule has 0 heterocycles. The average Bonchev–Trinajstić information content (AvgIpc) is 3.50. The van der Waals surface area contributed by atoms with Crippen LogP contribution in [0.2, 0.25) is 0 Å². The van der Waals surface area contributed by atoms with Crippen LogP contribution in [0.3, 0.4) is 0 Å². The molecular weight excluding hydrogens is 675 g/mol. The summed E-state index contributed by atoms with van der Waals surface area (Å²) >= 11 is 0. The molecule has 0 radical (unpaired) electrons. The van der Waals surface area contributed by atoms with Gasteiger partial charge in [0.15, 0.2) is 0 Å². The van der Waals surface area contributed by atoms with Crippen molar-refractivity contribution in [3.05, 3.63) is 211 Å². The second kappa shape index (κ2) is 12.5. The first kappa shape index (κ1) is 32.5. The summed E-state index contributed by atoms with van der Waals surface area (Å²) in [5.41, 5.74) is 13.5. The summed E-state index contributed by atoms with van der Waals surface area (Å²) in [6.45, 7) is 4.72. The molecule has 0 amide bonds. The number of nitrogens with zero attached hydrogens (tertiary/aromatic N) is 1. The van der Waals surface area contributed by atoms with Crippen LogP contribution in [0.15, 0.2) is 200 Å². The normalized spacial score (nSPS) is 13.0. The maximum Gasteiger partial charge on any atom is 0.0543 e. The number of hydrogen-bond acceptors (Lipinski definition) is 1. The molecule has 264 valence electrons. The topological polar surface area (TPSA) is 3.24 Å². The highest BCUT2D eigenvalue weighted by atomic mass is 15.1. The first-order valence-electron chi connectivity index (χ1n) is 19.6. The van der Waals surface area contributed by atoms with E-state index in [2.05, 4.69) is 219 Å². The zero-order valence-electron chi connectivity index (χ0n) is 31.5. The molecule has 1 aliphatic rings. The van der Waals surface area contributed by atoms with Crippen LogP contribution in [0, 0.1) is 0 Å². The Labute approximate surface area is 327 Å². The number of anilines is 3. The zero-order chi connectivity index (χ0) is 37.4. The smallest absolute Gasteiger partial charge is 0.0543 e. The van der Waals surface area contributed by atoms with Crippen LogP contribution in [0.25, 0.3) is 76.5 Å². The molecule has 0 bridgehead atoms. The van der Waals surface area contributed by atoms with Crippen LogP contribution in [0.5, 0.6) is 0 Å². The Hall–Kier alpha value is -6.96. The molecule has 0 saturated heterocycles. The molecule has 0 fully saturated rings. The van der Waals surface area contributed by atoms with Crippen molar-refractivity contribution in [1.29, 1.82) is 0 Å². The Balaban J connectivity index is 1.11. The van der Waals surface area contributed by atoms with Gasteiger partial charge < -0.3 is 4.90 Å². The van der Waals surface area contributed by atoms with E-state index in [0.29, 0.717) is 0 Å². The predicted octanol–water partition coefficient (Wildman–Crippen LogP) is 15.4. The molecule has 10 aromatic carbocycles. The van der Waals surface area contributed by atoms with E-state index in [1.807, 2.05) is 0 Å². The monoisotopic (exact) mass is 713 g/mol. The number of fused-ring (bicyclic) bond motifs is 9. The fraction of sp³-hybridized carbons (Fsp3) is 0.0545. The van der Waals surface area contributed by atoms with Crippen molar-refractivity contribution in [2.45, 2.75) is 19.3 Å². The standard InChI is InChI=1S/C55H39N/c1-55(2)51-22-10-9-21-48(51)54-52(55)23-12-24-53(54)56(43-17-11-16-40(34-43)41-26-25-36-13-3-4-15-39(36)33-41)42-30-27-38(28-31-42)49-35-50-44-18-6-5-14-37(44)29-32-47(50)45-19-7-8-20-46(45)49/h3-35H,1-2H3. The quantitative estimate of drug-likeness (QED) is 0.161. The third-order valence-corrected chi connectivity index (χ3v) is 12.2. The Morgan fingerprint density at radius 2 is 0.964 bits per heavy atom. The Kier molecular flexibility index (Phi) is 7.28. The van der Waals surface area contributed by atoms with Gasteiger partial charge in [0, 0.05) is 22.4 Å². The fourth-order valence-electron chi connectivity index (χ4n) is 9.43. The van der Waals surface area contributed by atoms with Gasteiger partial charge in [0.1, 0.15) is 0 Å². The summed E-state index contributed by atoms with van der Waals surface area (Å²) in [5.74, 6) is 0. The van der Waals surface area contributed by atoms with Crippen molar-refractivity contribution < 1.29 is 0 Å². The van der Waals surface area contributed by atoms with Gasteiger partial charge in [-0.1, -0.05) is 172 Å². The van der Waals surface area contributed by atoms with Gasteiger partial charge in [0.05, 0.1) is 5.69 Å². The molecule has 56 heavy (non-hydrogen) atoms. The van der Waals surface area contributed by atoms with Crippen LogP contribution in [0.4, 0.5) is 17.1 Å². The zero-order valence-corrected chi connectivity index (χ0v) is 31.5. The van der Waals surface area contributed by atoms with Gasteiger partial charge >= 0.3 is 0 Å². The third kappa shape index (κ3) is 5.01. The molecular formula is C55H39N. The van der Waals surface area contributed by atoms with Crippen LogP contribution in [-0.4, -0.2) is 0 Å². The van der Waals surface area contributed by atoms with Gasteiger partial charge in [-0.15, -0.1) is 0 Å². The Bertz CT molecular complexity index is 3170. The summed E-state index contributed by atoms with van der Waals surface area (Å²) in [6.07, 6.45) is 0. The van der Waals surface area contributed by atoms with Crippen LogP contribution in [-0.2, 0) is 5.41 Å². The molecule has 1 nitrogen and oxygen atoms in total. The Morgan fingerprint density at radius 3 is 1.82 bits per heavy atom. The summed E-state index contributed by atoms with van der Waals surface area (Å²) in [6, 6.07) is 74.0. The summed E-state index contributed by atoms with van der Waals surface area (Å²) in [4.78, 5) is 2.47. The van der Waals surface area contributed by atoms with Crippen molar-refractivity contribution in [2.24, 2.45) is 0 Å². The van der Waals surface area contributed by atoms with Crippen LogP contribution < -0.4 is 4.90 Å². The van der Waals surface area contributed by atoms with Crippen molar-refractivity contribution in [1.82, 2.24) is 0 Å². The van der Waals surface area contributed by atoms with E-state index in [0.717, 1.165) is 11.4 Å². The van der Waals surface area contributed by atoms with E-state index in [1.165, 1.54) is 93.3 Å². The highest BCUT2D eigenvalue weighted by Crippen LogP contribution is 2.54. The van der Waals surface area contributed by atoms with Gasteiger partial charge in [-0.25, -0.2) is 0 Å². The molecule has 10 aromatic rings. The minimum atomic E-state index is -0.105. The van der Waals surface area contributed by atoms with Crippen molar-refractivity contribution in [3.63, 3.8) is 0 Å². The van der Waals surface area contributed by atoms with E-state index in [1.54, 1.807) is 0 Å². The van der Waals surface area contributed by atoms with Gasteiger partial charge in [-0.3, -0.25) is 0 Å². The van der Waals surface area contributed by atoms with Gasteiger partial charge in [0.2, 0.25) is 0 Å². The third-order valence-electron chi connectivity index (χ3n) is 12.2. The lowest BCUT2D eigenvalue weighted by atomic mass is 9.82. The van der Waals surface area contributed by atoms with E-state index in [4.69, 9.17) is 0 Å². The molecule has 1 aliphatic carbocycles. The molecule has 11 rings (SSSR count). The van der Waals surface area contributed by atoms with E-state index < -0.39 is 0 Å². The summed E-state index contributed by atoms with van der Waals surface area (Å²) in [5, 5.41) is 10.2. The highest BCUT2D eigenvalue weighted by Gasteiger charge is 2.37. The number of hydrogen-bond donors (Lipinski definition) is 0. The van der Waals surface area contributed by atoms with Crippen LogP contribution >= 0.6 is 0 Å². The van der Waals surface area contributed by atoms with Crippen molar-refractivity contribution >= 4 is 60.2 Å². The molecule has 0 spiro atoms. The predicted molar refractivity (Wildman–Crippen MR) is 240 cm³/mol. The van der Waals surface area contributed by atoms with Gasteiger partial charge in [-0.2, -0.15) is 0 Å². The van der Waals surface area contributed by atoms with E-state index in [9.17, 15) is 0 Å². The number of rotatable bonds is 5. The lowest BCUT2D eigenvalue weighted by molar-refractivity contribution is 0.660. The lowest BCUT2D eigenvalue weighted by Gasteiger charge is -2.29. The minimum Gasteiger partial charge on any atom is -0.310 e. The van der Waals surface area contributed by atoms with Gasteiger partial charge in [-0.05, 0) is 124 Å². The first-order valence-corrected chi connectivity index (χ1v) is 19.6. The lowest BCUT2D eigenvalue weighted by Crippen LogP contribution is -2.16. The fourth-order valence-corrected chi connectivity index (χ4v) is 9.43. The summed E-state index contributed by atoms with van der Waals surface area (Å²) < 4.78 is 0.